The lowest BCUT2D eigenvalue weighted by Crippen LogP contribution is -2.12. The highest BCUT2D eigenvalue weighted by Crippen LogP contribution is 2.17. The Morgan fingerprint density at radius 3 is 2.71 bits per heavy atom. The highest BCUT2D eigenvalue weighted by atomic mass is 32.1. The van der Waals surface area contributed by atoms with E-state index in [1.807, 2.05) is 42.0 Å². The largest absolute Gasteiger partial charge is 0.494 e. The fraction of sp³-hybridized carbons (Fsp3) is 0.111. The third-order valence-corrected chi connectivity index (χ3v) is 3.77. The molecule has 0 saturated carbocycles. The number of benzene rings is 2. The van der Waals surface area contributed by atoms with E-state index in [-0.39, 0.29) is 5.91 Å². The Hall–Kier alpha value is -2.86. The van der Waals surface area contributed by atoms with Crippen LogP contribution < -0.4 is 10.1 Å². The van der Waals surface area contributed by atoms with E-state index in [9.17, 15) is 4.79 Å². The highest BCUT2D eigenvalue weighted by Gasteiger charge is 2.07. The molecule has 0 aliphatic carbocycles. The Bertz CT molecular complexity index is 897. The summed E-state index contributed by atoms with van der Waals surface area (Å²) in [7, 11) is 0. The van der Waals surface area contributed by atoms with Crippen LogP contribution in [0.5, 0.6) is 5.75 Å². The summed E-state index contributed by atoms with van der Waals surface area (Å²) in [5.41, 5.74) is 2.15. The Morgan fingerprint density at radius 1 is 1.25 bits per heavy atom. The van der Waals surface area contributed by atoms with Gasteiger partial charge in [-0.15, -0.1) is 0 Å². The van der Waals surface area contributed by atoms with Crippen LogP contribution in [0.2, 0.25) is 0 Å². The number of hydrogen-bond donors (Lipinski definition) is 2. The standard InChI is InChI=1S/C18H17N3O2S/c1-2-23-16-8-6-13(7-9-16)17(22)20-14-4-3-5-15(12-14)21-11-10-19-18(21)24/h3-12H,2H2,1H3,(H,19,24)(H,20,22). The molecule has 0 saturated heterocycles. The molecule has 122 valence electrons. The van der Waals surface area contributed by atoms with Crippen LogP contribution in [0.3, 0.4) is 0 Å². The third-order valence-electron chi connectivity index (χ3n) is 3.46. The van der Waals surface area contributed by atoms with Crippen LogP contribution in [0.4, 0.5) is 5.69 Å². The number of imidazole rings is 1. The summed E-state index contributed by atoms with van der Waals surface area (Å²) in [6.07, 6.45) is 3.61. The zero-order chi connectivity index (χ0) is 16.9. The van der Waals surface area contributed by atoms with Gasteiger partial charge < -0.3 is 15.0 Å². The maximum atomic E-state index is 12.4. The van der Waals surface area contributed by atoms with Crippen molar-refractivity contribution in [1.82, 2.24) is 9.55 Å². The van der Waals surface area contributed by atoms with Crippen LogP contribution in [0.15, 0.2) is 60.9 Å². The first-order chi connectivity index (χ1) is 11.7. The van der Waals surface area contributed by atoms with Gasteiger partial charge in [-0.3, -0.25) is 9.36 Å². The maximum absolute atomic E-state index is 12.4. The van der Waals surface area contributed by atoms with Crippen LogP contribution in [-0.4, -0.2) is 22.1 Å². The van der Waals surface area contributed by atoms with E-state index in [2.05, 4.69) is 10.3 Å². The van der Waals surface area contributed by atoms with Crippen molar-refractivity contribution in [2.24, 2.45) is 0 Å². The molecule has 1 aromatic heterocycles. The average molecular weight is 339 g/mol. The molecule has 5 nitrogen and oxygen atoms in total. The topological polar surface area (TPSA) is 59.0 Å². The molecule has 0 radical (unpaired) electrons. The van der Waals surface area contributed by atoms with Crippen molar-refractivity contribution in [2.45, 2.75) is 6.92 Å². The molecule has 3 rings (SSSR count). The molecule has 3 aromatic rings. The second kappa shape index (κ2) is 7.14. The second-order valence-corrected chi connectivity index (χ2v) is 5.48. The quantitative estimate of drug-likeness (QED) is 0.685. The number of carbonyl (C=O) groups excluding carboxylic acids is 1. The predicted octanol–water partition coefficient (Wildman–Crippen LogP) is 4.19. The van der Waals surface area contributed by atoms with Gasteiger partial charge in [-0.25, -0.2) is 0 Å². The predicted molar refractivity (Wildman–Crippen MR) is 96.5 cm³/mol. The summed E-state index contributed by atoms with van der Waals surface area (Å²) >= 11 is 5.22. The van der Waals surface area contributed by atoms with Crippen molar-refractivity contribution in [3.8, 4) is 11.4 Å². The molecule has 0 spiro atoms. The molecule has 24 heavy (non-hydrogen) atoms. The monoisotopic (exact) mass is 339 g/mol. The van der Waals surface area contributed by atoms with Gasteiger partial charge in [-0.2, -0.15) is 0 Å². The van der Waals surface area contributed by atoms with Crippen LogP contribution >= 0.6 is 12.2 Å². The number of nitrogens with zero attached hydrogens (tertiary/aromatic N) is 1. The number of anilines is 1. The highest BCUT2D eigenvalue weighted by molar-refractivity contribution is 7.71. The third kappa shape index (κ3) is 3.55. The number of hydrogen-bond acceptors (Lipinski definition) is 3. The number of aromatic amines is 1. The van der Waals surface area contributed by atoms with Crippen molar-refractivity contribution in [1.29, 1.82) is 0 Å². The summed E-state index contributed by atoms with van der Waals surface area (Å²) in [6, 6.07) is 14.6. The first kappa shape index (κ1) is 16.0. The number of carbonyl (C=O) groups is 1. The summed E-state index contributed by atoms with van der Waals surface area (Å²) in [5.74, 6) is 0.575. The fourth-order valence-electron chi connectivity index (χ4n) is 2.33. The van der Waals surface area contributed by atoms with Crippen LogP contribution in [0.25, 0.3) is 5.69 Å². The minimum absolute atomic E-state index is 0.173. The molecule has 0 bridgehead atoms. The summed E-state index contributed by atoms with van der Waals surface area (Å²) in [4.78, 5) is 15.3. The number of ether oxygens (including phenoxy) is 1. The Morgan fingerprint density at radius 2 is 2.04 bits per heavy atom. The maximum Gasteiger partial charge on any atom is 0.255 e. The fourth-order valence-corrected chi connectivity index (χ4v) is 2.56. The van der Waals surface area contributed by atoms with Crippen LogP contribution in [-0.2, 0) is 0 Å². The molecule has 1 amide bonds. The van der Waals surface area contributed by atoms with E-state index in [0.717, 1.165) is 11.4 Å². The zero-order valence-corrected chi connectivity index (χ0v) is 14.0. The molecule has 0 fully saturated rings. The molecule has 0 unspecified atom stereocenters. The smallest absolute Gasteiger partial charge is 0.255 e. The molecule has 0 aliphatic heterocycles. The number of aromatic nitrogens is 2. The van der Waals surface area contributed by atoms with Gasteiger partial charge in [0.05, 0.1) is 6.61 Å². The molecule has 6 heteroatoms. The number of rotatable bonds is 5. The Kier molecular flexibility index (Phi) is 4.77. The van der Waals surface area contributed by atoms with E-state index < -0.39 is 0 Å². The van der Waals surface area contributed by atoms with E-state index in [0.29, 0.717) is 22.6 Å². The molecular formula is C18H17N3O2S. The van der Waals surface area contributed by atoms with E-state index in [1.54, 1.807) is 30.5 Å². The van der Waals surface area contributed by atoms with Crippen molar-refractivity contribution < 1.29 is 9.53 Å². The van der Waals surface area contributed by atoms with Crippen molar-refractivity contribution in [3.63, 3.8) is 0 Å². The van der Waals surface area contributed by atoms with Gasteiger partial charge in [0.25, 0.3) is 5.91 Å². The zero-order valence-electron chi connectivity index (χ0n) is 13.2. The van der Waals surface area contributed by atoms with Gasteiger partial charge in [-0.05, 0) is 61.6 Å². The normalized spacial score (nSPS) is 10.4. The molecule has 1 heterocycles. The van der Waals surface area contributed by atoms with E-state index in [1.165, 1.54) is 0 Å². The lowest BCUT2D eigenvalue weighted by molar-refractivity contribution is 0.102. The Labute approximate surface area is 144 Å². The molecule has 0 atom stereocenters. The lowest BCUT2D eigenvalue weighted by atomic mass is 10.2. The van der Waals surface area contributed by atoms with Gasteiger partial charge in [0.2, 0.25) is 0 Å². The molecule has 2 N–H and O–H groups in total. The average Bonchev–Trinajstić information content (AvgIpc) is 3.02. The second-order valence-electron chi connectivity index (χ2n) is 5.10. The van der Waals surface area contributed by atoms with Crippen LogP contribution in [0, 0.1) is 4.77 Å². The number of amides is 1. The van der Waals surface area contributed by atoms with Crippen molar-refractivity contribution >= 4 is 23.8 Å². The number of nitrogens with one attached hydrogen (secondary N) is 2. The minimum atomic E-state index is -0.173. The van der Waals surface area contributed by atoms with Gasteiger partial charge >= 0.3 is 0 Å². The summed E-state index contributed by atoms with van der Waals surface area (Å²) in [5, 5.41) is 2.89. The molecule has 0 aliphatic rings. The first-order valence-corrected chi connectivity index (χ1v) is 7.99. The van der Waals surface area contributed by atoms with Gasteiger partial charge in [0.15, 0.2) is 4.77 Å². The summed E-state index contributed by atoms with van der Waals surface area (Å²) < 4.78 is 7.82. The van der Waals surface area contributed by atoms with Gasteiger partial charge in [0.1, 0.15) is 5.75 Å². The number of H-pyrrole nitrogens is 1. The SMILES string of the molecule is CCOc1ccc(C(=O)Nc2cccc(-n3cc[nH]c3=S)c2)cc1. The van der Waals surface area contributed by atoms with Gasteiger partial charge in [-0.1, -0.05) is 6.07 Å². The Balaban J connectivity index is 1.77. The van der Waals surface area contributed by atoms with Gasteiger partial charge in [0, 0.05) is 29.3 Å². The summed E-state index contributed by atoms with van der Waals surface area (Å²) in [6.45, 7) is 2.52. The van der Waals surface area contributed by atoms with E-state index in [4.69, 9.17) is 17.0 Å². The molecular weight excluding hydrogens is 322 g/mol. The van der Waals surface area contributed by atoms with E-state index >= 15 is 0 Å². The minimum Gasteiger partial charge on any atom is -0.494 e. The van der Waals surface area contributed by atoms with Crippen LogP contribution in [0.1, 0.15) is 17.3 Å². The lowest BCUT2D eigenvalue weighted by Gasteiger charge is -2.09. The first-order valence-electron chi connectivity index (χ1n) is 7.58. The van der Waals surface area contributed by atoms with Crippen molar-refractivity contribution in [2.75, 3.05) is 11.9 Å². The molecule has 2 aromatic carbocycles. The van der Waals surface area contributed by atoms with Crippen molar-refractivity contribution in [3.05, 3.63) is 71.3 Å².